The fourth-order valence-corrected chi connectivity index (χ4v) is 2.48. The predicted molar refractivity (Wildman–Crippen MR) is 68.3 cm³/mol. The Morgan fingerprint density at radius 1 is 1.61 bits per heavy atom. The summed E-state index contributed by atoms with van der Waals surface area (Å²) in [7, 11) is 0. The van der Waals surface area contributed by atoms with Crippen LogP contribution in [0.4, 0.5) is 4.39 Å². The zero-order valence-corrected chi connectivity index (χ0v) is 10.6. The maximum atomic E-state index is 13.2. The van der Waals surface area contributed by atoms with Crippen LogP contribution in [0.15, 0.2) is 23.4 Å². The van der Waals surface area contributed by atoms with Gasteiger partial charge in [0.2, 0.25) is 0 Å². The first kappa shape index (κ1) is 13.1. The standard InChI is InChI=1S/C12H15ClFN3O/c13-10-4-3-9(14)6-8(10)7-17-5-1-2-11(17)12(15)16-18/h3-4,6,11,18H,1-2,5,7H2,(H2,15,16). The molecule has 1 aliphatic heterocycles. The van der Waals surface area contributed by atoms with Gasteiger partial charge in [0.1, 0.15) is 5.82 Å². The number of hydrogen-bond acceptors (Lipinski definition) is 3. The molecule has 0 spiro atoms. The molecule has 18 heavy (non-hydrogen) atoms. The Labute approximate surface area is 110 Å². The summed E-state index contributed by atoms with van der Waals surface area (Å²) in [6.07, 6.45) is 1.80. The van der Waals surface area contributed by atoms with E-state index in [2.05, 4.69) is 5.16 Å². The van der Waals surface area contributed by atoms with Crippen molar-refractivity contribution >= 4 is 17.4 Å². The van der Waals surface area contributed by atoms with Crippen LogP contribution in [0.5, 0.6) is 0 Å². The Hall–Kier alpha value is -1.33. The van der Waals surface area contributed by atoms with Crippen molar-refractivity contribution in [3.63, 3.8) is 0 Å². The number of oxime groups is 1. The second-order valence-electron chi connectivity index (χ2n) is 4.39. The van der Waals surface area contributed by atoms with Crippen LogP contribution in [0.1, 0.15) is 18.4 Å². The largest absolute Gasteiger partial charge is 0.409 e. The van der Waals surface area contributed by atoms with Crippen molar-refractivity contribution in [1.29, 1.82) is 0 Å². The smallest absolute Gasteiger partial charge is 0.156 e. The lowest BCUT2D eigenvalue weighted by atomic mass is 10.1. The summed E-state index contributed by atoms with van der Waals surface area (Å²) in [5.74, 6) is -0.117. The quantitative estimate of drug-likeness (QED) is 0.383. The van der Waals surface area contributed by atoms with Gasteiger partial charge in [-0.25, -0.2) is 4.39 Å². The summed E-state index contributed by atoms with van der Waals surface area (Å²) >= 11 is 6.03. The number of likely N-dealkylation sites (tertiary alicyclic amines) is 1. The Kier molecular flexibility index (Phi) is 4.04. The predicted octanol–water partition coefficient (Wildman–Crippen LogP) is 2.19. The fourth-order valence-electron chi connectivity index (χ4n) is 2.30. The number of hydrogen-bond donors (Lipinski definition) is 2. The second-order valence-corrected chi connectivity index (χ2v) is 4.80. The Bertz CT molecular complexity index is 467. The van der Waals surface area contributed by atoms with Gasteiger partial charge in [0.15, 0.2) is 5.84 Å². The third-order valence-electron chi connectivity index (χ3n) is 3.20. The van der Waals surface area contributed by atoms with Crippen molar-refractivity contribution in [2.75, 3.05) is 6.54 Å². The topological polar surface area (TPSA) is 61.9 Å². The molecule has 1 aliphatic rings. The summed E-state index contributed by atoms with van der Waals surface area (Å²) in [6, 6.07) is 4.19. The average molecular weight is 272 g/mol. The molecule has 1 fully saturated rings. The lowest BCUT2D eigenvalue weighted by Crippen LogP contribution is -2.40. The molecule has 4 nitrogen and oxygen atoms in total. The van der Waals surface area contributed by atoms with Crippen LogP contribution in [-0.2, 0) is 6.54 Å². The first-order valence-electron chi connectivity index (χ1n) is 5.77. The average Bonchev–Trinajstić information content (AvgIpc) is 2.81. The van der Waals surface area contributed by atoms with Crippen LogP contribution in [0.2, 0.25) is 5.02 Å². The number of halogens is 2. The summed E-state index contributed by atoms with van der Waals surface area (Å²) in [6.45, 7) is 1.32. The Morgan fingerprint density at radius 3 is 3.11 bits per heavy atom. The van der Waals surface area contributed by atoms with Crippen molar-refractivity contribution in [2.24, 2.45) is 10.9 Å². The van der Waals surface area contributed by atoms with E-state index < -0.39 is 0 Å². The molecule has 0 radical (unpaired) electrons. The van der Waals surface area contributed by atoms with Gasteiger partial charge in [0.25, 0.3) is 0 Å². The highest BCUT2D eigenvalue weighted by atomic mass is 35.5. The highest BCUT2D eigenvalue weighted by molar-refractivity contribution is 6.31. The highest BCUT2D eigenvalue weighted by Gasteiger charge is 2.28. The van der Waals surface area contributed by atoms with E-state index in [1.807, 2.05) is 4.90 Å². The van der Waals surface area contributed by atoms with Crippen LogP contribution in [0.3, 0.4) is 0 Å². The molecule has 1 heterocycles. The van der Waals surface area contributed by atoms with Gasteiger partial charge in [-0.15, -0.1) is 0 Å². The molecule has 6 heteroatoms. The van der Waals surface area contributed by atoms with E-state index in [4.69, 9.17) is 22.5 Å². The van der Waals surface area contributed by atoms with E-state index in [1.165, 1.54) is 12.1 Å². The summed E-state index contributed by atoms with van der Waals surface area (Å²) < 4.78 is 13.2. The molecule has 3 N–H and O–H groups in total. The van der Waals surface area contributed by atoms with Gasteiger partial charge in [-0.2, -0.15) is 0 Å². The third kappa shape index (κ3) is 2.73. The highest BCUT2D eigenvalue weighted by Crippen LogP contribution is 2.24. The maximum absolute atomic E-state index is 13.2. The second kappa shape index (κ2) is 5.54. The molecular formula is C12H15ClFN3O. The maximum Gasteiger partial charge on any atom is 0.156 e. The minimum atomic E-state index is -0.311. The molecule has 1 unspecified atom stereocenters. The lowest BCUT2D eigenvalue weighted by molar-refractivity contribution is 0.274. The van der Waals surface area contributed by atoms with Crippen molar-refractivity contribution in [2.45, 2.75) is 25.4 Å². The zero-order valence-electron chi connectivity index (χ0n) is 9.81. The van der Waals surface area contributed by atoms with Gasteiger partial charge in [-0.1, -0.05) is 16.8 Å². The number of nitrogens with zero attached hydrogens (tertiary/aromatic N) is 2. The van der Waals surface area contributed by atoms with Gasteiger partial charge in [-0.3, -0.25) is 4.90 Å². The summed E-state index contributed by atoms with van der Waals surface area (Å²) in [5.41, 5.74) is 6.36. The van der Waals surface area contributed by atoms with Crippen LogP contribution >= 0.6 is 11.6 Å². The van der Waals surface area contributed by atoms with E-state index in [-0.39, 0.29) is 17.7 Å². The first-order chi connectivity index (χ1) is 8.61. The molecular weight excluding hydrogens is 257 g/mol. The van der Waals surface area contributed by atoms with Crippen molar-refractivity contribution in [1.82, 2.24) is 4.90 Å². The molecule has 1 atom stereocenters. The van der Waals surface area contributed by atoms with E-state index >= 15 is 0 Å². The van der Waals surface area contributed by atoms with Crippen molar-refractivity contribution < 1.29 is 9.60 Å². The lowest BCUT2D eigenvalue weighted by Gasteiger charge is -2.23. The Balaban J connectivity index is 2.15. The first-order valence-corrected chi connectivity index (χ1v) is 6.15. The number of amidine groups is 1. The molecule has 98 valence electrons. The molecule has 1 aromatic carbocycles. The van der Waals surface area contributed by atoms with Crippen LogP contribution in [0, 0.1) is 5.82 Å². The molecule has 1 aromatic rings. The molecule has 0 bridgehead atoms. The Morgan fingerprint density at radius 2 is 2.39 bits per heavy atom. The number of rotatable bonds is 3. The van der Waals surface area contributed by atoms with E-state index in [1.54, 1.807) is 6.07 Å². The van der Waals surface area contributed by atoms with Crippen LogP contribution in [-0.4, -0.2) is 28.5 Å². The van der Waals surface area contributed by atoms with Crippen LogP contribution in [0.25, 0.3) is 0 Å². The molecule has 0 amide bonds. The normalized spacial score (nSPS) is 21.4. The SMILES string of the molecule is N/C(=N/O)C1CCCN1Cc1cc(F)ccc1Cl. The number of nitrogens with two attached hydrogens (primary N) is 1. The van der Waals surface area contributed by atoms with E-state index in [9.17, 15) is 4.39 Å². The molecule has 0 saturated carbocycles. The summed E-state index contributed by atoms with van der Waals surface area (Å²) in [5, 5.41) is 12.3. The van der Waals surface area contributed by atoms with Gasteiger partial charge >= 0.3 is 0 Å². The molecule has 0 aliphatic carbocycles. The van der Waals surface area contributed by atoms with Crippen LogP contribution < -0.4 is 5.73 Å². The van der Waals surface area contributed by atoms with Gasteiger partial charge in [-0.05, 0) is 43.1 Å². The fraction of sp³-hybridized carbons (Fsp3) is 0.417. The minimum absolute atomic E-state index is 0.102. The summed E-state index contributed by atoms with van der Waals surface area (Å²) in [4.78, 5) is 2.04. The van der Waals surface area contributed by atoms with Crippen molar-refractivity contribution in [3.05, 3.63) is 34.6 Å². The van der Waals surface area contributed by atoms with Gasteiger partial charge in [0, 0.05) is 11.6 Å². The van der Waals surface area contributed by atoms with Crippen molar-refractivity contribution in [3.8, 4) is 0 Å². The van der Waals surface area contributed by atoms with Gasteiger partial charge in [0.05, 0.1) is 6.04 Å². The van der Waals surface area contributed by atoms with E-state index in [0.717, 1.165) is 19.4 Å². The monoisotopic (exact) mass is 271 g/mol. The number of benzene rings is 1. The zero-order chi connectivity index (χ0) is 13.1. The molecule has 1 saturated heterocycles. The molecule has 0 aromatic heterocycles. The van der Waals surface area contributed by atoms with E-state index in [0.29, 0.717) is 17.1 Å². The third-order valence-corrected chi connectivity index (χ3v) is 3.57. The minimum Gasteiger partial charge on any atom is -0.409 e. The molecule has 2 rings (SSSR count). The van der Waals surface area contributed by atoms with Gasteiger partial charge < -0.3 is 10.9 Å².